The van der Waals surface area contributed by atoms with Gasteiger partial charge in [-0.1, -0.05) is 37.3 Å². The molecule has 1 rings (SSSR count). The molecule has 0 aliphatic carbocycles. The summed E-state index contributed by atoms with van der Waals surface area (Å²) in [7, 11) is 2.17. The molecule has 0 saturated carbocycles. The Balaban J connectivity index is 2.42. The maximum atomic E-state index is 4.62. The number of likely N-dealkylation sites (N-methyl/N-ethyl adjacent to an activating group) is 1. The topological polar surface area (TPSA) is 39.7 Å². The molecule has 118 valence electrons. The lowest BCUT2D eigenvalue weighted by molar-refractivity contribution is 0.255. The van der Waals surface area contributed by atoms with Crippen LogP contribution in [0.3, 0.4) is 0 Å². The van der Waals surface area contributed by atoms with E-state index in [0.29, 0.717) is 12.6 Å². The van der Waals surface area contributed by atoms with Crippen molar-refractivity contribution >= 4 is 5.96 Å². The molecule has 0 aliphatic heterocycles. The minimum Gasteiger partial charge on any atom is -0.357 e. The first kappa shape index (κ1) is 17.5. The summed E-state index contributed by atoms with van der Waals surface area (Å²) in [5, 5.41) is 6.69. The largest absolute Gasteiger partial charge is 0.357 e. The lowest BCUT2D eigenvalue weighted by Crippen LogP contribution is -2.42. The highest BCUT2D eigenvalue weighted by molar-refractivity contribution is 5.79. The Morgan fingerprint density at radius 2 is 1.90 bits per heavy atom. The lowest BCUT2D eigenvalue weighted by Gasteiger charge is -2.24. The molecule has 4 heteroatoms. The molecule has 4 nitrogen and oxygen atoms in total. The van der Waals surface area contributed by atoms with Crippen LogP contribution in [-0.4, -0.2) is 43.6 Å². The second-order valence-corrected chi connectivity index (χ2v) is 5.35. The molecule has 0 heterocycles. The summed E-state index contributed by atoms with van der Waals surface area (Å²) in [6.07, 6.45) is 1.18. The number of nitrogens with zero attached hydrogens (tertiary/aromatic N) is 2. The number of nitrogens with one attached hydrogen (secondary N) is 2. The van der Waals surface area contributed by atoms with E-state index in [1.165, 1.54) is 12.0 Å². The third-order valence-corrected chi connectivity index (χ3v) is 3.71. The van der Waals surface area contributed by atoms with Gasteiger partial charge in [-0.3, -0.25) is 0 Å². The molecule has 1 aromatic rings. The molecular formula is C17H30N4. The standard InChI is InChI=1S/C17H30N4/c1-5-15(3)21(4)13-12-19-17(18-6-2)20-14-16-10-8-7-9-11-16/h7-11,15H,5-6,12-14H2,1-4H3,(H2,18,19,20). The number of guanidine groups is 1. The number of aliphatic imine (C=N–C) groups is 1. The van der Waals surface area contributed by atoms with Gasteiger partial charge in [-0.25, -0.2) is 4.99 Å². The highest BCUT2D eigenvalue weighted by atomic mass is 15.2. The highest BCUT2D eigenvalue weighted by Gasteiger charge is 2.06. The molecule has 0 amide bonds. The van der Waals surface area contributed by atoms with Crippen molar-refractivity contribution in [3.05, 3.63) is 35.9 Å². The average molecular weight is 290 g/mol. The van der Waals surface area contributed by atoms with E-state index in [-0.39, 0.29) is 0 Å². The van der Waals surface area contributed by atoms with Crippen LogP contribution < -0.4 is 10.6 Å². The molecular weight excluding hydrogens is 260 g/mol. The van der Waals surface area contributed by atoms with Gasteiger partial charge in [0.25, 0.3) is 0 Å². The van der Waals surface area contributed by atoms with E-state index in [2.05, 4.69) is 60.5 Å². The zero-order valence-electron chi connectivity index (χ0n) is 13.9. The SMILES string of the molecule is CCNC(=NCc1ccccc1)NCCN(C)C(C)CC. The smallest absolute Gasteiger partial charge is 0.191 e. The first-order valence-corrected chi connectivity index (χ1v) is 7.93. The highest BCUT2D eigenvalue weighted by Crippen LogP contribution is 2.00. The van der Waals surface area contributed by atoms with Crippen molar-refractivity contribution in [3.8, 4) is 0 Å². The fourth-order valence-electron chi connectivity index (χ4n) is 1.98. The molecule has 0 radical (unpaired) electrons. The maximum absolute atomic E-state index is 4.62. The minimum absolute atomic E-state index is 0.621. The molecule has 21 heavy (non-hydrogen) atoms. The normalized spacial score (nSPS) is 13.3. The summed E-state index contributed by atoms with van der Waals surface area (Å²) in [5.74, 6) is 0.888. The van der Waals surface area contributed by atoms with Crippen molar-refractivity contribution in [2.24, 2.45) is 4.99 Å². The van der Waals surface area contributed by atoms with Gasteiger partial charge in [-0.05, 0) is 32.9 Å². The molecule has 2 N–H and O–H groups in total. The zero-order chi connectivity index (χ0) is 15.5. The summed E-state index contributed by atoms with van der Waals surface area (Å²) >= 11 is 0. The third kappa shape index (κ3) is 7.14. The Labute approximate surface area is 129 Å². The summed E-state index contributed by atoms with van der Waals surface area (Å²) in [6.45, 7) is 10.1. The predicted octanol–water partition coefficient (Wildman–Crippen LogP) is 2.47. The van der Waals surface area contributed by atoms with Gasteiger partial charge in [0, 0.05) is 25.7 Å². The fourth-order valence-corrected chi connectivity index (χ4v) is 1.98. The van der Waals surface area contributed by atoms with Crippen molar-refractivity contribution in [2.75, 3.05) is 26.7 Å². The van der Waals surface area contributed by atoms with Crippen LogP contribution in [0, 0.1) is 0 Å². The number of hydrogen-bond donors (Lipinski definition) is 2. The van der Waals surface area contributed by atoms with E-state index in [9.17, 15) is 0 Å². The number of benzene rings is 1. The summed E-state index contributed by atoms with van der Waals surface area (Å²) in [5.41, 5.74) is 1.23. The van der Waals surface area contributed by atoms with Gasteiger partial charge in [-0.2, -0.15) is 0 Å². The van der Waals surface area contributed by atoms with Crippen molar-refractivity contribution in [2.45, 2.75) is 39.8 Å². The first-order chi connectivity index (χ1) is 10.2. The van der Waals surface area contributed by atoms with Crippen LogP contribution in [0.4, 0.5) is 0 Å². The van der Waals surface area contributed by atoms with Crippen LogP contribution in [0.1, 0.15) is 32.8 Å². The van der Waals surface area contributed by atoms with Gasteiger partial charge in [0.15, 0.2) is 5.96 Å². The maximum Gasteiger partial charge on any atom is 0.191 e. The Morgan fingerprint density at radius 3 is 2.52 bits per heavy atom. The average Bonchev–Trinajstić information content (AvgIpc) is 2.52. The van der Waals surface area contributed by atoms with Gasteiger partial charge in [0.2, 0.25) is 0 Å². The third-order valence-electron chi connectivity index (χ3n) is 3.71. The summed E-state index contributed by atoms with van der Waals surface area (Å²) < 4.78 is 0. The van der Waals surface area contributed by atoms with E-state index in [1.807, 2.05) is 18.2 Å². The van der Waals surface area contributed by atoms with Gasteiger partial charge in [0.1, 0.15) is 0 Å². The molecule has 0 saturated heterocycles. The molecule has 0 fully saturated rings. The second kappa shape index (κ2) is 10.2. The monoisotopic (exact) mass is 290 g/mol. The molecule has 1 unspecified atom stereocenters. The van der Waals surface area contributed by atoms with Crippen molar-refractivity contribution < 1.29 is 0 Å². The van der Waals surface area contributed by atoms with Crippen molar-refractivity contribution in [1.29, 1.82) is 0 Å². The minimum atomic E-state index is 0.621. The van der Waals surface area contributed by atoms with E-state index in [1.54, 1.807) is 0 Å². The Morgan fingerprint density at radius 1 is 1.19 bits per heavy atom. The molecule has 0 spiro atoms. The Hall–Kier alpha value is -1.55. The van der Waals surface area contributed by atoms with Crippen LogP contribution in [-0.2, 0) is 6.54 Å². The van der Waals surface area contributed by atoms with Gasteiger partial charge in [0.05, 0.1) is 6.54 Å². The Bertz CT molecular complexity index is 403. The fraction of sp³-hybridized carbons (Fsp3) is 0.588. The van der Waals surface area contributed by atoms with Crippen LogP contribution in [0.5, 0.6) is 0 Å². The second-order valence-electron chi connectivity index (χ2n) is 5.35. The zero-order valence-corrected chi connectivity index (χ0v) is 13.9. The van der Waals surface area contributed by atoms with E-state index >= 15 is 0 Å². The number of rotatable bonds is 8. The molecule has 0 bridgehead atoms. The molecule has 0 aromatic heterocycles. The van der Waals surface area contributed by atoms with Crippen molar-refractivity contribution in [1.82, 2.24) is 15.5 Å². The van der Waals surface area contributed by atoms with Gasteiger partial charge in [-0.15, -0.1) is 0 Å². The summed E-state index contributed by atoms with van der Waals surface area (Å²) in [6, 6.07) is 10.9. The molecule has 1 aromatic carbocycles. The molecule has 1 atom stereocenters. The van der Waals surface area contributed by atoms with Crippen molar-refractivity contribution in [3.63, 3.8) is 0 Å². The first-order valence-electron chi connectivity index (χ1n) is 7.93. The molecule has 0 aliphatic rings. The predicted molar refractivity (Wildman–Crippen MR) is 91.6 cm³/mol. The summed E-state index contributed by atoms with van der Waals surface area (Å²) in [4.78, 5) is 6.99. The van der Waals surface area contributed by atoms with Gasteiger partial charge >= 0.3 is 0 Å². The van der Waals surface area contributed by atoms with Crippen LogP contribution >= 0.6 is 0 Å². The van der Waals surface area contributed by atoms with E-state index < -0.39 is 0 Å². The quantitative estimate of drug-likeness (QED) is 0.571. The van der Waals surface area contributed by atoms with Gasteiger partial charge < -0.3 is 15.5 Å². The van der Waals surface area contributed by atoms with Crippen LogP contribution in [0.2, 0.25) is 0 Å². The Kier molecular flexibility index (Phi) is 8.51. The van der Waals surface area contributed by atoms with Crippen LogP contribution in [0.25, 0.3) is 0 Å². The van der Waals surface area contributed by atoms with Crippen LogP contribution in [0.15, 0.2) is 35.3 Å². The van der Waals surface area contributed by atoms with E-state index in [0.717, 1.165) is 25.6 Å². The number of hydrogen-bond acceptors (Lipinski definition) is 2. The lowest BCUT2D eigenvalue weighted by atomic mass is 10.2. The van der Waals surface area contributed by atoms with E-state index in [4.69, 9.17) is 0 Å².